The molecule has 0 saturated heterocycles. The topological polar surface area (TPSA) is 109 Å². The molecule has 1 aliphatic heterocycles. The molecule has 4 N–H and O–H groups in total. The second kappa shape index (κ2) is 7.78. The molecule has 1 unspecified atom stereocenters. The van der Waals surface area contributed by atoms with Crippen LogP contribution < -0.4 is 11.1 Å². The molecule has 0 bridgehead atoms. The summed E-state index contributed by atoms with van der Waals surface area (Å²) >= 11 is 0. The molecular weight excluding hydrogens is 365 g/mol. The van der Waals surface area contributed by atoms with Crippen molar-refractivity contribution in [3.05, 3.63) is 47.2 Å². The van der Waals surface area contributed by atoms with Gasteiger partial charge in [-0.05, 0) is 30.2 Å². The third kappa shape index (κ3) is 4.85. The van der Waals surface area contributed by atoms with Crippen molar-refractivity contribution < 1.29 is 27.9 Å². The maximum Gasteiger partial charge on any atom is 0.458 e. The van der Waals surface area contributed by atoms with Crippen LogP contribution in [0.2, 0.25) is 0 Å². The van der Waals surface area contributed by atoms with Gasteiger partial charge >= 0.3 is 12.0 Å². The third-order valence-electron chi connectivity index (χ3n) is 3.71. The van der Waals surface area contributed by atoms with E-state index in [4.69, 9.17) is 5.73 Å². The summed E-state index contributed by atoms with van der Waals surface area (Å²) in [5.41, 5.74) is 7.03. The summed E-state index contributed by atoms with van der Waals surface area (Å²) in [7, 11) is 1.45. The number of rotatable bonds is 5. The summed E-state index contributed by atoms with van der Waals surface area (Å²) < 4.78 is 38.4. The Morgan fingerprint density at radius 3 is 2.78 bits per heavy atom. The molecule has 0 aromatic heterocycles. The van der Waals surface area contributed by atoms with Crippen LogP contribution in [0.5, 0.6) is 0 Å². The van der Waals surface area contributed by atoms with Gasteiger partial charge in [0.25, 0.3) is 5.91 Å². The monoisotopic (exact) mass is 384 g/mol. The predicted octanol–water partition coefficient (Wildman–Crippen LogP) is 1.61. The Bertz CT molecular complexity index is 814. The van der Waals surface area contributed by atoms with E-state index in [0.29, 0.717) is 16.8 Å². The smallest absolute Gasteiger partial charge is 0.402 e. The summed E-state index contributed by atoms with van der Waals surface area (Å²) in [6.07, 6.45) is -4.36. The van der Waals surface area contributed by atoms with E-state index in [9.17, 15) is 23.1 Å². The average Bonchev–Trinajstić information content (AvgIpc) is 3.01. The number of carbonyl (C=O) groups is 1. The van der Waals surface area contributed by atoms with Gasteiger partial charge in [0, 0.05) is 19.3 Å². The van der Waals surface area contributed by atoms with Gasteiger partial charge in [0.15, 0.2) is 0 Å². The number of alkyl halides is 3. The zero-order valence-electron chi connectivity index (χ0n) is 14.7. The number of amides is 1. The van der Waals surface area contributed by atoms with Gasteiger partial charge in [0.05, 0.1) is 12.1 Å². The molecule has 0 aliphatic carbocycles. The molecule has 7 nitrogen and oxygen atoms in total. The molecule has 2 rings (SSSR count). The van der Waals surface area contributed by atoms with Gasteiger partial charge in [-0.1, -0.05) is 23.4 Å². The number of halogens is 3. The lowest BCUT2D eigenvalue weighted by atomic mass is 10.0. The largest absolute Gasteiger partial charge is 0.458 e. The first-order chi connectivity index (χ1) is 12.6. The van der Waals surface area contributed by atoms with Crippen molar-refractivity contribution >= 4 is 17.3 Å². The SMILES string of the molecule is CN=C(C=C(C)N)C(=O)NCc1cccc(C2=NOC(O)(C(F)(F)F)C2)c1. The minimum Gasteiger partial charge on any atom is -0.402 e. The second-order valence-electron chi connectivity index (χ2n) is 5.97. The van der Waals surface area contributed by atoms with E-state index in [2.05, 4.69) is 20.3 Å². The Balaban J connectivity index is 2.07. The van der Waals surface area contributed by atoms with Crippen molar-refractivity contribution in [2.24, 2.45) is 15.9 Å². The molecule has 0 fully saturated rings. The van der Waals surface area contributed by atoms with Crippen LogP contribution in [0.4, 0.5) is 13.2 Å². The maximum atomic E-state index is 12.8. The number of nitrogens with one attached hydrogen (secondary N) is 1. The van der Waals surface area contributed by atoms with Crippen LogP contribution in [0.1, 0.15) is 24.5 Å². The number of oxime groups is 1. The highest BCUT2D eigenvalue weighted by Crippen LogP contribution is 2.38. The normalized spacial score (nSPS) is 20.9. The van der Waals surface area contributed by atoms with E-state index in [1.165, 1.54) is 19.2 Å². The Hall–Kier alpha value is -2.88. The maximum absolute atomic E-state index is 12.8. The van der Waals surface area contributed by atoms with Crippen LogP contribution in [-0.2, 0) is 16.2 Å². The van der Waals surface area contributed by atoms with E-state index in [-0.39, 0.29) is 18.0 Å². The Morgan fingerprint density at radius 1 is 1.52 bits per heavy atom. The lowest BCUT2D eigenvalue weighted by Gasteiger charge is -2.22. The highest BCUT2D eigenvalue weighted by molar-refractivity contribution is 6.43. The van der Waals surface area contributed by atoms with E-state index >= 15 is 0 Å². The first-order valence-electron chi connectivity index (χ1n) is 7.88. The predicted molar refractivity (Wildman–Crippen MR) is 92.8 cm³/mol. The third-order valence-corrected chi connectivity index (χ3v) is 3.71. The van der Waals surface area contributed by atoms with Crippen molar-refractivity contribution in [1.82, 2.24) is 5.32 Å². The first kappa shape index (κ1) is 20.4. The van der Waals surface area contributed by atoms with Crippen molar-refractivity contribution in [3.63, 3.8) is 0 Å². The molecule has 27 heavy (non-hydrogen) atoms. The van der Waals surface area contributed by atoms with Gasteiger partial charge in [-0.2, -0.15) is 13.2 Å². The van der Waals surface area contributed by atoms with Gasteiger partial charge in [-0.3, -0.25) is 9.79 Å². The Kier molecular flexibility index (Phi) is 5.89. The van der Waals surface area contributed by atoms with Gasteiger partial charge in [0.1, 0.15) is 5.71 Å². The highest BCUT2D eigenvalue weighted by Gasteiger charge is 2.60. The van der Waals surface area contributed by atoms with Gasteiger partial charge < -0.3 is 21.0 Å². The quantitative estimate of drug-likeness (QED) is 0.670. The molecule has 10 heteroatoms. The van der Waals surface area contributed by atoms with Gasteiger partial charge in [-0.25, -0.2) is 0 Å². The molecule has 0 saturated carbocycles. The molecule has 1 aliphatic rings. The Morgan fingerprint density at radius 2 is 2.22 bits per heavy atom. The minimum atomic E-state index is -4.96. The van der Waals surface area contributed by atoms with E-state index in [0.717, 1.165) is 0 Å². The summed E-state index contributed by atoms with van der Waals surface area (Å²) in [4.78, 5) is 20.1. The van der Waals surface area contributed by atoms with Crippen LogP contribution >= 0.6 is 0 Å². The molecule has 1 aromatic carbocycles. The summed E-state index contributed by atoms with van der Waals surface area (Å²) in [6, 6.07) is 6.37. The number of hydrogen-bond acceptors (Lipinski definition) is 6. The molecule has 0 radical (unpaired) electrons. The highest BCUT2D eigenvalue weighted by atomic mass is 19.4. The number of allylic oxidation sites excluding steroid dienone is 1. The lowest BCUT2D eigenvalue weighted by molar-refractivity contribution is -0.355. The fourth-order valence-electron chi connectivity index (χ4n) is 2.31. The minimum absolute atomic E-state index is 0.0412. The van der Waals surface area contributed by atoms with Gasteiger partial charge in [-0.15, -0.1) is 0 Å². The number of benzene rings is 1. The van der Waals surface area contributed by atoms with Crippen molar-refractivity contribution in [1.29, 1.82) is 0 Å². The number of carbonyl (C=O) groups excluding carboxylic acids is 1. The molecule has 146 valence electrons. The van der Waals surface area contributed by atoms with E-state index in [1.54, 1.807) is 25.1 Å². The summed E-state index contributed by atoms with van der Waals surface area (Å²) in [5.74, 6) is -3.77. The number of aliphatic hydroxyl groups is 1. The second-order valence-corrected chi connectivity index (χ2v) is 5.97. The zero-order chi connectivity index (χ0) is 20.2. The van der Waals surface area contributed by atoms with Crippen LogP contribution in [-0.4, -0.2) is 41.4 Å². The first-order valence-corrected chi connectivity index (χ1v) is 7.88. The van der Waals surface area contributed by atoms with Gasteiger partial charge in [0.2, 0.25) is 0 Å². The number of nitrogens with two attached hydrogens (primary N) is 1. The lowest BCUT2D eigenvalue weighted by Crippen LogP contribution is -2.45. The zero-order valence-corrected chi connectivity index (χ0v) is 14.7. The van der Waals surface area contributed by atoms with Crippen molar-refractivity contribution in [3.8, 4) is 0 Å². The van der Waals surface area contributed by atoms with Crippen LogP contribution in [0.15, 0.2) is 46.2 Å². The van der Waals surface area contributed by atoms with Crippen molar-refractivity contribution in [2.45, 2.75) is 31.9 Å². The number of aliphatic imine (C=N–C) groups is 1. The number of hydrogen-bond donors (Lipinski definition) is 3. The molecule has 1 heterocycles. The van der Waals surface area contributed by atoms with Crippen LogP contribution in [0, 0.1) is 0 Å². The van der Waals surface area contributed by atoms with Crippen LogP contribution in [0.25, 0.3) is 0 Å². The van der Waals surface area contributed by atoms with E-state index < -0.39 is 24.3 Å². The standard InChI is InChI=1S/C17H19F3N4O3/c1-10(21)6-13(22-2)15(25)23-9-11-4-3-5-12(7-11)14-8-16(26,27-24-14)17(18,19)20/h3-7,26H,8-9,21H2,1-2H3,(H,23,25). The average molecular weight is 384 g/mol. The summed E-state index contributed by atoms with van der Waals surface area (Å²) in [6.45, 7) is 1.73. The van der Waals surface area contributed by atoms with Crippen molar-refractivity contribution in [2.75, 3.05) is 7.05 Å². The van der Waals surface area contributed by atoms with E-state index in [1.807, 2.05) is 0 Å². The molecule has 0 spiro atoms. The molecule has 1 amide bonds. The Labute approximate surface area is 153 Å². The fourth-order valence-corrected chi connectivity index (χ4v) is 2.31. The van der Waals surface area contributed by atoms with Crippen LogP contribution in [0.3, 0.4) is 0 Å². The number of nitrogens with zero attached hydrogens (tertiary/aromatic N) is 2. The molecule has 1 atom stereocenters. The fraction of sp³-hybridized carbons (Fsp3) is 0.353. The molecule has 1 aromatic rings. The summed E-state index contributed by atoms with van der Waals surface area (Å²) in [5, 5.41) is 15.5. The molecular formula is C17H19F3N4O3.